The van der Waals surface area contributed by atoms with Crippen molar-refractivity contribution in [3.63, 3.8) is 0 Å². The van der Waals surface area contributed by atoms with E-state index in [1.165, 1.54) is 0 Å². The van der Waals surface area contributed by atoms with Crippen LogP contribution in [0.15, 0.2) is 12.7 Å². The Morgan fingerprint density at radius 2 is 2.43 bits per heavy atom. The van der Waals surface area contributed by atoms with E-state index in [4.69, 9.17) is 0 Å². The topological polar surface area (TPSA) is 0 Å². The number of hydrogen-bond acceptors (Lipinski definition) is 0. The first kappa shape index (κ1) is 6.30. The maximum atomic E-state index is 3.53. The second-order valence-corrected chi connectivity index (χ2v) is 1.12. The molecular weight excluding hydrogens is 84.1 g/mol. The zero-order valence-corrected chi connectivity index (χ0v) is 4.57. The van der Waals surface area contributed by atoms with Crippen LogP contribution >= 0.6 is 0 Å². The average Bonchev–Trinajstić information content (AvgIpc) is 1.69. The molecule has 0 amide bonds. The standard InChI is InChI=1S/C7H9/c1-3-5-7-6-4-2/h3,7H,1,5H2,2H3. The molecule has 0 saturated heterocycles. The second kappa shape index (κ2) is 5.30. The summed E-state index contributed by atoms with van der Waals surface area (Å²) in [5.41, 5.74) is 0. The summed E-state index contributed by atoms with van der Waals surface area (Å²) in [6.45, 7) is 5.35. The van der Waals surface area contributed by atoms with Crippen molar-refractivity contribution < 1.29 is 0 Å². The molecule has 0 unspecified atom stereocenters. The van der Waals surface area contributed by atoms with E-state index in [1.54, 1.807) is 0 Å². The summed E-state index contributed by atoms with van der Waals surface area (Å²) >= 11 is 0. The average molecular weight is 93.1 g/mol. The third-order valence-electron chi connectivity index (χ3n) is 0.531. The fraction of sp³-hybridized carbons (Fsp3) is 0.286. The second-order valence-electron chi connectivity index (χ2n) is 1.12. The van der Waals surface area contributed by atoms with Gasteiger partial charge >= 0.3 is 0 Å². The van der Waals surface area contributed by atoms with Crippen molar-refractivity contribution >= 4 is 0 Å². The Bertz CT molecular complexity index is 90.3. The third-order valence-corrected chi connectivity index (χ3v) is 0.531. The summed E-state index contributed by atoms with van der Waals surface area (Å²) in [4.78, 5) is 0. The number of allylic oxidation sites excluding steroid dienone is 1. The summed E-state index contributed by atoms with van der Waals surface area (Å²) in [6.07, 6.45) is 4.60. The summed E-state index contributed by atoms with van der Waals surface area (Å²) in [6, 6.07) is 0. The molecule has 0 spiro atoms. The van der Waals surface area contributed by atoms with Crippen molar-refractivity contribution in [1.29, 1.82) is 0 Å². The zero-order chi connectivity index (χ0) is 5.54. The van der Waals surface area contributed by atoms with E-state index in [9.17, 15) is 0 Å². The maximum absolute atomic E-state index is 3.53. The highest BCUT2D eigenvalue weighted by atomic mass is 13.7. The molecule has 0 aromatic carbocycles. The fourth-order valence-electron chi connectivity index (χ4n) is 0.244. The van der Waals surface area contributed by atoms with Gasteiger partial charge in [-0.25, -0.2) is 0 Å². The van der Waals surface area contributed by atoms with Gasteiger partial charge in [0.15, 0.2) is 0 Å². The predicted octanol–water partition coefficient (Wildman–Crippen LogP) is 1.79. The lowest BCUT2D eigenvalue weighted by Crippen LogP contribution is -1.61. The van der Waals surface area contributed by atoms with Gasteiger partial charge in [0.25, 0.3) is 0 Å². The van der Waals surface area contributed by atoms with E-state index in [0.29, 0.717) is 0 Å². The first-order valence-corrected chi connectivity index (χ1v) is 2.26. The molecule has 0 saturated carbocycles. The van der Waals surface area contributed by atoms with Gasteiger partial charge < -0.3 is 0 Å². The molecule has 0 aliphatic carbocycles. The van der Waals surface area contributed by atoms with Gasteiger partial charge in [0.2, 0.25) is 0 Å². The van der Waals surface area contributed by atoms with Crippen molar-refractivity contribution in [2.24, 2.45) is 0 Å². The minimum atomic E-state index is 0.890. The summed E-state index contributed by atoms with van der Waals surface area (Å²) in [5.74, 6) is 5.55. The van der Waals surface area contributed by atoms with Crippen molar-refractivity contribution in [3.05, 3.63) is 19.1 Å². The summed E-state index contributed by atoms with van der Waals surface area (Å²) in [5, 5.41) is 0. The van der Waals surface area contributed by atoms with Crippen LogP contribution in [-0.4, -0.2) is 0 Å². The van der Waals surface area contributed by atoms with Crippen molar-refractivity contribution in [2.45, 2.75) is 13.3 Å². The van der Waals surface area contributed by atoms with Crippen LogP contribution in [0.4, 0.5) is 0 Å². The van der Waals surface area contributed by atoms with Gasteiger partial charge in [0, 0.05) is 6.42 Å². The fourth-order valence-corrected chi connectivity index (χ4v) is 0.244. The van der Waals surface area contributed by atoms with Gasteiger partial charge in [-0.15, -0.1) is 12.5 Å². The molecule has 0 fully saturated rings. The monoisotopic (exact) mass is 93.1 g/mol. The van der Waals surface area contributed by atoms with Gasteiger partial charge in [-0.2, -0.15) is 0 Å². The van der Waals surface area contributed by atoms with Crippen LogP contribution in [0.1, 0.15) is 13.3 Å². The molecule has 0 heterocycles. The van der Waals surface area contributed by atoms with Crippen molar-refractivity contribution in [2.75, 3.05) is 0 Å². The van der Waals surface area contributed by atoms with Gasteiger partial charge in [-0.05, 0) is 13.3 Å². The molecule has 1 radical (unpaired) electrons. The normalized spacial score (nSPS) is 6.43. The number of rotatable bonds is 2. The van der Waals surface area contributed by atoms with Crippen LogP contribution in [-0.2, 0) is 0 Å². The molecule has 0 atom stereocenters. The van der Waals surface area contributed by atoms with Crippen LogP contribution < -0.4 is 0 Å². The lowest BCUT2D eigenvalue weighted by Gasteiger charge is -1.74. The van der Waals surface area contributed by atoms with Gasteiger partial charge in [-0.1, -0.05) is 12.0 Å². The van der Waals surface area contributed by atoms with Crippen LogP contribution in [0.2, 0.25) is 0 Å². The molecule has 0 aliphatic rings. The highest BCUT2D eigenvalue weighted by Crippen LogP contribution is 1.81. The van der Waals surface area contributed by atoms with Crippen LogP contribution in [0.25, 0.3) is 0 Å². The Labute approximate surface area is 45.2 Å². The van der Waals surface area contributed by atoms with E-state index >= 15 is 0 Å². The molecule has 7 heavy (non-hydrogen) atoms. The van der Waals surface area contributed by atoms with Crippen molar-refractivity contribution in [1.82, 2.24) is 0 Å². The molecule has 0 aromatic heterocycles. The number of hydrogen-bond donors (Lipinski definition) is 0. The Balaban J connectivity index is 2.92. The first-order chi connectivity index (χ1) is 3.41. The molecule has 0 bridgehead atoms. The van der Waals surface area contributed by atoms with Crippen LogP contribution in [0.3, 0.4) is 0 Å². The van der Waals surface area contributed by atoms with E-state index < -0.39 is 0 Å². The molecule has 0 N–H and O–H groups in total. The predicted molar refractivity (Wildman–Crippen MR) is 32.6 cm³/mol. The van der Waals surface area contributed by atoms with Gasteiger partial charge in [0.05, 0.1) is 0 Å². The smallest absolute Gasteiger partial charge is 0.0377 e. The molecule has 0 aromatic rings. The SMILES string of the molecule is C=CC[CH]C#CC. The third kappa shape index (κ3) is 5.30. The van der Waals surface area contributed by atoms with E-state index in [1.807, 2.05) is 19.4 Å². The van der Waals surface area contributed by atoms with E-state index in [0.717, 1.165) is 6.42 Å². The Kier molecular flexibility index (Phi) is 4.77. The lowest BCUT2D eigenvalue weighted by atomic mass is 10.3. The molecule has 0 heteroatoms. The van der Waals surface area contributed by atoms with Crippen LogP contribution in [0.5, 0.6) is 0 Å². The largest absolute Gasteiger partial charge is 0.106 e. The van der Waals surface area contributed by atoms with Crippen molar-refractivity contribution in [3.8, 4) is 11.8 Å². The summed E-state index contributed by atoms with van der Waals surface area (Å²) in [7, 11) is 0. The maximum Gasteiger partial charge on any atom is 0.0377 e. The Morgan fingerprint density at radius 3 is 2.86 bits per heavy atom. The number of unbranched alkanes of at least 4 members (excludes halogenated alkanes) is 1. The minimum absolute atomic E-state index is 0.890. The lowest BCUT2D eigenvalue weighted by molar-refractivity contribution is 1.33. The summed E-state index contributed by atoms with van der Waals surface area (Å²) < 4.78 is 0. The zero-order valence-electron chi connectivity index (χ0n) is 4.57. The molecule has 0 rings (SSSR count). The molecular formula is C7H9. The first-order valence-electron chi connectivity index (χ1n) is 2.26. The molecule has 0 aliphatic heterocycles. The Hall–Kier alpha value is -0.700. The molecule has 37 valence electrons. The molecule has 0 nitrogen and oxygen atoms in total. The quantitative estimate of drug-likeness (QED) is 0.277. The van der Waals surface area contributed by atoms with E-state index in [-0.39, 0.29) is 0 Å². The minimum Gasteiger partial charge on any atom is -0.106 e. The van der Waals surface area contributed by atoms with Gasteiger partial charge in [-0.3, -0.25) is 0 Å². The van der Waals surface area contributed by atoms with E-state index in [2.05, 4.69) is 18.4 Å². The van der Waals surface area contributed by atoms with Gasteiger partial charge in [0.1, 0.15) is 0 Å². The highest BCUT2D eigenvalue weighted by Gasteiger charge is 1.68. The highest BCUT2D eigenvalue weighted by molar-refractivity contribution is 5.09. The Morgan fingerprint density at radius 1 is 1.71 bits per heavy atom. The van der Waals surface area contributed by atoms with Crippen LogP contribution in [0, 0.1) is 18.3 Å².